The monoisotopic (exact) mass is 309 g/mol. The third-order valence-electron chi connectivity index (χ3n) is 3.98. The Morgan fingerprint density at radius 2 is 1.70 bits per heavy atom. The van der Waals surface area contributed by atoms with E-state index in [-0.39, 0.29) is 12.5 Å². The number of hydrogen-bond acceptors (Lipinski definition) is 3. The summed E-state index contributed by atoms with van der Waals surface area (Å²) >= 11 is 0. The van der Waals surface area contributed by atoms with Gasteiger partial charge in [-0.2, -0.15) is 0 Å². The van der Waals surface area contributed by atoms with Crippen molar-refractivity contribution in [2.45, 2.75) is 25.7 Å². The zero-order valence-corrected chi connectivity index (χ0v) is 12.9. The molecular formula is C19H19NO3. The van der Waals surface area contributed by atoms with Crippen LogP contribution in [-0.2, 0) is 17.6 Å². The maximum Gasteiger partial charge on any atom is 0.330 e. The van der Waals surface area contributed by atoms with Crippen molar-refractivity contribution in [2.75, 3.05) is 6.54 Å². The molecule has 0 atom stereocenters. The summed E-state index contributed by atoms with van der Waals surface area (Å²) in [5, 5.41) is 2.57. The fourth-order valence-electron chi connectivity index (χ4n) is 2.78. The summed E-state index contributed by atoms with van der Waals surface area (Å²) < 4.78 is 5.31. The molecule has 0 saturated carbocycles. The molecule has 0 heterocycles. The van der Waals surface area contributed by atoms with Crippen molar-refractivity contribution in [3.05, 3.63) is 65.2 Å². The Hall–Kier alpha value is -2.62. The second-order valence-electron chi connectivity index (χ2n) is 5.66. The average molecular weight is 309 g/mol. The number of aryl methyl sites for hydroxylation is 2. The van der Waals surface area contributed by atoms with E-state index in [9.17, 15) is 9.59 Å². The Balaban J connectivity index is 1.54. The summed E-state index contributed by atoms with van der Waals surface area (Å²) in [6.07, 6.45) is 4.53. The van der Waals surface area contributed by atoms with Crippen LogP contribution in [-0.4, -0.2) is 18.4 Å². The van der Waals surface area contributed by atoms with Crippen molar-refractivity contribution in [3.63, 3.8) is 0 Å². The number of rotatable bonds is 4. The zero-order chi connectivity index (χ0) is 16.1. The van der Waals surface area contributed by atoms with Gasteiger partial charge in [0.25, 0.3) is 5.91 Å². The van der Waals surface area contributed by atoms with E-state index in [2.05, 4.69) is 5.32 Å². The molecule has 0 aromatic heterocycles. The van der Waals surface area contributed by atoms with Gasteiger partial charge in [0.05, 0.1) is 0 Å². The molecule has 23 heavy (non-hydrogen) atoms. The standard InChI is InChI=1S/C19H19NO3/c21-18(13-20-19(22)15-7-2-1-3-8-15)23-17-11-10-14-6-4-5-9-16(14)12-17/h1-3,7-8,10-12H,4-6,9,13H2,(H,20,22). The SMILES string of the molecule is O=C(CNC(=O)c1ccccc1)Oc1ccc2c(c1)CCCC2. The lowest BCUT2D eigenvalue weighted by Crippen LogP contribution is -2.31. The van der Waals surface area contributed by atoms with Gasteiger partial charge in [0, 0.05) is 5.56 Å². The Morgan fingerprint density at radius 1 is 0.957 bits per heavy atom. The second kappa shape index (κ2) is 7.09. The minimum absolute atomic E-state index is 0.148. The molecule has 2 aromatic carbocycles. The molecule has 4 nitrogen and oxygen atoms in total. The summed E-state index contributed by atoms with van der Waals surface area (Å²) in [6.45, 7) is -0.148. The van der Waals surface area contributed by atoms with Crippen molar-refractivity contribution in [3.8, 4) is 5.75 Å². The van der Waals surface area contributed by atoms with E-state index in [0.717, 1.165) is 12.8 Å². The molecule has 0 fully saturated rings. The number of fused-ring (bicyclic) bond motifs is 1. The van der Waals surface area contributed by atoms with E-state index in [1.807, 2.05) is 24.3 Å². The molecule has 3 rings (SSSR count). The molecule has 0 radical (unpaired) electrons. The van der Waals surface area contributed by atoms with Crippen LogP contribution in [0.25, 0.3) is 0 Å². The van der Waals surface area contributed by atoms with Crippen LogP contribution in [0.15, 0.2) is 48.5 Å². The van der Waals surface area contributed by atoms with Crippen molar-refractivity contribution in [1.29, 1.82) is 0 Å². The van der Waals surface area contributed by atoms with E-state index in [1.54, 1.807) is 24.3 Å². The molecule has 0 unspecified atom stereocenters. The summed E-state index contributed by atoms with van der Waals surface area (Å²) in [4.78, 5) is 23.8. The van der Waals surface area contributed by atoms with Gasteiger partial charge < -0.3 is 10.1 Å². The molecule has 118 valence electrons. The van der Waals surface area contributed by atoms with Crippen LogP contribution >= 0.6 is 0 Å². The molecule has 1 N–H and O–H groups in total. The average Bonchev–Trinajstić information content (AvgIpc) is 2.60. The number of benzene rings is 2. The van der Waals surface area contributed by atoms with Gasteiger partial charge >= 0.3 is 5.97 Å². The van der Waals surface area contributed by atoms with Gasteiger partial charge in [0.2, 0.25) is 0 Å². The fraction of sp³-hybridized carbons (Fsp3) is 0.263. The van der Waals surface area contributed by atoms with Gasteiger partial charge in [0.1, 0.15) is 12.3 Å². The number of carbonyl (C=O) groups excluding carboxylic acids is 2. The van der Waals surface area contributed by atoms with Crippen LogP contribution in [0.4, 0.5) is 0 Å². The van der Waals surface area contributed by atoms with Crippen molar-refractivity contribution in [2.24, 2.45) is 0 Å². The third-order valence-corrected chi connectivity index (χ3v) is 3.98. The topological polar surface area (TPSA) is 55.4 Å². The maximum atomic E-state index is 11.9. The van der Waals surface area contributed by atoms with E-state index >= 15 is 0 Å². The Labute approximate surface area is 135 Å². The second-order valence-corrected chi connectivity index (χ2v) is 5.66. The molecule has 1 amide bonds. The number of hydrogen-bond donors (Lipinski definition) is 1. The quantitative estimate of drug-likeness (QED) is 0.698. The van der Waals surface area contributed by atoms with Crippen molar-refractivity contribution in [1.82, 2.24) is 5.32 Å². The number of esters is 1. The lowest BCUT2D eigenvalue weighted by Gasteiger charge is -2.16. The molecule has 0 spiro atoms. The van der Waals surface area contributed by atoms with Gasteiger partial charge in [-0.3, -0.25) is 4.79 Å². The molecular weight excluding hydrogens is 290 g/mol. The lowest BCUT2D eigenvalue weighted by atomic mass is 9.92. The minimum Gasteiger partial charge on any atom is -0.425 e. The number of ether oxygens (including phenoxy) is 1. The Bertz CT molecular complexity index is 710. The van der Waals surface area contributed by atoms with Crippen molar-refractivity contribution >= 4 is 11.9 Å². The van der Waals surface area contributed by atoms with Gasteiger partial charge in [-0.25, -0.2) is 4.79 Å². The summed E-state index contributed by atoms with van der Waals surface area (Å²) in [5.41, 5.74) is 3.12. The third kappa shape index (κ3) is 3.97. The van der Waals surface area contributed by atoms with Gasteiger partial charge in [-0.05, 0) is 61.1 Å². The van der Waals surface area contributed by atoms with E-state index in [1.165, 1.54) is 24.0 Å². The minimum atomic E-state index is -0.468. The molecule has 0 aliphatic heterocycles. The summed E-state index contributed by atoms with van der Waals surface area (Å²) in [6, 6.07) is 14.6. The van der Waals surface area contributed by atoms with Gasteiger partial charge in [0.15, 0.2) is 0 Å². The Morgan fingerprint density at radius 3 is 2.48 bits per heavy atom. The normalized spacial score (nSPS) is 13.0. The van der Waals surface area contributed by atoms with E-state index < -0.39 is 5.97 Å². The van der Waals surface area contributed by atoms with Crippen LogP contribution in [0.2, 0.25) is 0 Å². The first-order valence-corrected chi connectivity index (χ1v) is 7.88. The highest BCUT2D eigenvalue weighted by molar-refractivity contribution is 5.96. The van der Waals surface area contributed by atoms with Crippen LogP contribution in [0.5, 0.6) is 5.75 Å². The van der Waals surface area contributed by atoms with Gasteiger partial charge in [-0.1, -0.05) is 24.3 Å². The van der Waals surface area contributed by atoms with Crippen LogP contribution in [0.1, 0.15) is 34.3 Å². The summed E-state index contributed by atoms with van der Waals surface area (Å²) in [7, 11) is 0. The van der Waals surface area contributed by atoms with Crippen LogP contribution < -0.4 is 10.1 Å². The van der Waals surface area contributed by atoms with E-state index in [4.69, 9.17) is 4.74 Å². The zero-order valence-electron chi connectivity index (χ0n) is 12.9. The lowest BCUT2D eigenvalue weighted by molar-refractivity contribution is -0.133. The maximum absolute atomic E-state index is 11.9. The fourth-order valence-corrected chi connectivity index (χ4v) is 2.78. The largest absolute Gasteiger partial charge is 0.425 e. The van der Waals surface area contributed by atoms with Crippen LogP contribution in [0.3, 0.4) is 0 Å². The molecule has 0 saturated heterocycles. The number of carbonyl (C=O) groups is 2. The Kier molecular flexibility index (Phi) is 4.71. The first kappa shape index (κ1) is 15.3. The summed E-state index contributed by atoms with van der Waals surface area (Å²) in [5.74, 6) is -0.206. The van der Waals surface area contributed by atoms with Crippen molar-refractivity contribution < 1.29 is 14.3 Å². The smallest absolute Gasteiger partial charge is 0.330 e. The predicted octanol–water partition coefficient (Wildman–Crippen LogP) is 2.90. The molecule has 4 heteroatoms. The van der Waals surface area contributed by atoms with Gasteiger partial charge in [-0.15, -0.1) is 0 Å². The molecule has 0 bridgehead atoms. The highest BCUT2D eigenvalue weighted by atomic mass is 16.5. The highest BCUT2D eigenvalue weighted by Crippen LogP contribution is 2.25. The first-order chi connectivity index (χ1) is 11.2. The highest BCUT2D eigenvalue weighted by Gasteiger charge is 2.13. The predicted molar refractivity (Wildman–Crippen MR) is 87.5 cm³/mol. The van der Waals surface area contributed by atoms with E-state index in [0.29, 0.717) is 11.3 Å². The first-order valence-electron chi connectivity index (χ1n) is 7.88. The number of nitrogens with one attached hydrogen (secondary N) is 1. The number of amides is 1. The van der Waals surface area contributed by atoms with Crippen LogP contribution in [0, 0.1) is 0 Å². The molecule has 1 aliphatic rings. The molecule has 1 aliphatic carbocycles. The molecule has 2 aromatic rings.